The van der Waals surface area contributed by atoms with E-state index in [9.17, 15) is 4.79 Å². The lowest BCUT2D eigenvalue weighted by Gasteiger charge is -2.19. The number of fused-ring (bicyclic) bond motifs is 1. The van der Waals surface area contributed by atoms with Gasteiger partial charge in [0.2, 0.25) is 0 Å². The molecule has 0 radical (unpaired) electrons. The molecule has 2 aromatic heterocycles. The number of aryl methyl sites for hydroxylation is 2. The molecule has 2 aromatic rings. The van der Waals surface area contributed by atoms with E-state index in [1.807, 2.05) is 14.0 Å². The predicted molar refractivity (Wildman–Crippen MR) is 85.1 cm³/mol. The number of thiophene rings is 1. The van der Waals surface area contributed by atoms with Crippen LogP contribution in [-0.2, 0) is 12.8 Å². The van der Waals surface area contributed by atoms with Crippen molar-refractivity contribution < 1.29 is 4.79 Å². The van der Waals surface area contributed by atoms with Crippen LogP contribution < -0.4 is 0 Å². The molecule has 118 valence electrons. The second-order valence-electron chi connectivity index (χ2n) is 5.98. The van der Waals surface area contributed by atoms with E-state index in [2.05, 4.69) is 26.7 Å². The third-order valence-corrected chi connectivity index (χ3v) is 5.38. The van der Waals surface area contributed by atoms with Gasteiger partial charge in [0.15, 0.2) is 5.82 Å². The number of hydrogen-bond donors (Lipinski definition) is 1. The minimum atomic E-state index is 0.0606. The molecule has 0 bridgehead atoms. The van der Waals surface area contributed by atoms with Crippen molar-refractivity contribution in [3.8, 4) is 0 Å². The van der Waals surface area contributed by atoms with E-state index in [4.69, 9.17) is 0 Å². The molecule has 0 aromatic carbocycles. The fourth-order valence-electron chi connectivity index (χ4n) is 2.91. The molecule has 0 spiro atoms. The van der Waals surface area contributed by atoms with Crippen molar-refractivity contribution in [2.45, 2.75) is 44.9 Å². The van der Waals surface area contributed by atoms with Gasteiger partial charge in [-0.1, -0.05) is 18.6 Å². The summed E-state index contributed by atoms with van der Waals surface area (Å²) in [7, 11) is 1.84. The quantitative estimate of drug-likeness (QED) is 0.878. The van der Waals surface area contributed by atoms with Crippen LogP contribution >= 0.6 is 11.3 Å². The average molecular weight is 319 g/mol. The van der Waals surface area contributed by atoms with E-state index in [-0.39, 0.29) is 11.8 Å². The second-order valence-corrected chi connectivity index (χ2v) is 7.11. The molecule has 6 nitrogen and oxygen atoms in total. The molecule has 2 heterocycles. The van der Waals surface area contributed by atoms with Gasteiger partial charge < -0.3 is 4.90 Å². The van der Waals surface area contributed by atoms with Gasteiger partial charge in [-0.3, -0.25) is 4.79 Å². The van der Waals surface area contributed by atoms with Crippen LogP contribution in [0.5, 0.6) is 0 Å². The summed E-state index contributed by atoms with van der Waals surface area (Å²) in [5, 5.41) is 14.0. The first-order valence-corrected chi connectivity index (χ1v) is 8.57. The summed E-state index contributed by atoms with van der Waals surface area (Å²) in [6, 6.07) is 2.10. The van der Waals surface area contributed by atoms with Crippen LogP contribution in [-0.4, -0.2) is 45.0 Å². The van der Waals surface area contributed by atoms with Crippen molar-refractivity contribution in [3.05, 3.63) is 27.2 Å². The van der Waals surface area contributed by atoms with E-state index < -0.39 is 0 Å². The molecule has 1 atom stereocenters. The number of nitrogens with zero attached hydrogens (tertiary/aromatic N) is 4. The highest BCUT2D eigenvalue weighted by atomic mass is 32.1. The van der Waals surface area contributed by atoms with Crippen LogP contribution in [0.25, 0.3) is 0 Å². The summed E-state index contributed by atoms with van der Waals surface area (Å²) in [6.45, 7) is 2.58. The van der Waals surface area contributed by atoms with Crippen molar-refractivity contribution >= 4 is 17.2 Å². The second kappa shape index (κ2) is 6.56. The van der Waals surface area contributed by atoms with Gasteiger partial charge >= 0.3 is 0 Å². The van der Waals surface area contributed by atoms with Crippen molar-refractivity contribution in [1.82, 2.24) is 25.5 Å². The molecule has 0 fully saturated rings. The van der Waals surface area contributed by atoms with Crippen molar-refractivity contribution in [3.63, 3.8) is 0 Å². The Balaban J connectivity index is 1.68. The number of hydrogen-bond acceptors (Lipinski definition) is 5. The maximum Gasteiger partial charge on any atom is 0.263 e. The average Bonchev–Trinajstić information content (AvgIpc) is 3.13. The Morgan fingerprint density at radius 3 is 3.00 bits per heavy atom. The molecule has 1 amide bonds. The highest BCUT2D eigenvalue weighted by Gasteiger charge is 2.21. The van der Waals surface area contributed by atoms with Crippen molar-refractivity contribution in [1.29, 1.82) is 0 Å². The lowest BCUT2D eigenvalue weighted by Crippen LogP contribution is -2.30. The van der Waals surface area contributed by atoms with Gasteiger partial charge in [0.05, 0.1) is 4.88 Å². The zero-order chi connectivity index (χ0) is 15.5. The van der Waals surface area contributed by atoms with Crippen LogP contribution in [0.1, 0.15) is 58.0 Å². The number of H-pyrrole nitrogens is 1. The summed E-state index contributed by atoms with van der Waals surface area (Å²) < 4.78 is 0. The standard InChI is InChI=1S/C15H21N5OS/c1-10(14-16-18-19-17-14)9-20(2)15(21)13-8-11-6-4-3-5-7-12(11)22-13/h8,10H,3-7,9H2,1-2H3,(H,16,17,18,19). The fourth-order valence-corrected chi connectivity index (χ4v) is 4.16. The number of tetrazole rings is 1. The van der Waals surface area contributed by atoms with Crippen LogP contribution in [0, 0.1) is 0 Å². The molecule has 22 heavy (non-hydrogen) atoms. The SMILES string of the molecule is CC(CN(C)C(=O)c1cc2c(s1)CCCCC2)c1nn[nH]n1. The molecule has 0 saturated heterocycles. The number of likely N-dealkylation sites (N-methyl/N-ethyl adjacent to an activating group) is 1. The minimum Gasteiger partial charge on any atom is -0.340 e. The third-order valence-electron chi connectivity index (χ3n) is 4.15. The molecule has 7 heteroatoms. The smallest absolute Gasteiger partial charge is 0.263 e. The molecule has 1 N–H and O–H groups in total. The molecular formula is C15H21N5OS. The van der Waals surface area contributed by atoms with Gasteiger partial charge in [0.1, 0.15) is 0 Å². The number of carbonyl (C=O) groups excluding carboxylic acids is 1. The molecule has 1 unspecified atom stereocenters. The van der Waals surface area contributed by atoms with Crippen LogP contribution in [0.3, 0.4) is 0 Å². The van der Waals surface area contributed by atoms with Gasteiger partial charge in [0.25, 0.3) is 5.91 Å². The highest BCUT2D eigenvalue weighted by Crippen LogP contribution is 2.29. The van der Waals surface area contributed by atoms with Crippen LogP contribution in [0.15, 0.2) is 6.07 Å². The van der Waals surface area contributed by atoms with E-state index in [0.717, 1.165) is 17.7 Å². The molecule has 3 rings (SSSR count). The zero-order valence-electron chi connectivity index (χ0n) is 13.0. The monoisotopic (exact) mass is 319 g/mol. The Bertz CT molecular complexity index is 613. The minimum absolute atomic E-state index is 0.0606. The van der Waals surface area contributed by atoms with Gasteiger partial charge in [-0.2, -0.15) is 5.21 Å². The van der Waals surface area contributed by atoms with Gasteiger partial charge in [-0.25, -0.2) is 0 Å². The summed E-state index contributed by atoms with van der Waals surface area (Å²) in [5.41, 5.74) is 1.38. The van der Waals surface area contributed by atoms with E-state index in [1.165, 1.54) is 29.7 Å². The van der Waals surface area contributed by atoms with E-state index in [1.54, 1.807) is 16.2 Å². The first-order valence-electron chi connectivity index (χ1n) is 7.75. The Hall–Kier alpha value is -1.76. The number of rotatable bonds is 4. The predicted octanol–water partition coefficient (Wildman–Crippen LogP) is 2.41. The molecule has 1 aliphatic carbocycles. The van der Waals surface area contributed by atoms with E-state index >= 15 is 0 Å². The van der Waals surface area contributed by atoms with Gasteiger partial charge in [0, 0.05) is 24.4 Å². The Labute approximate surface area is 133 Å². The molecule has 0 saturated carbocycles. The lowest BCUT2D eigenvalue weighted by atomic mass is 10.1. The van der Waals surface area contributed by atoms with Crippen molar-refractivity contribution in [2.75, 3.05) is 13.6 Å². The number of aromatic amines is 1. The Morgan fingerprint density at radius 1 is 1.41 bits per heavy atom. The molecule has 0 aliphatic heterocycles. The zero-order valence-corrected chi connectivity index (χ0v) is 13.8. The number of nitrogens with one attached hydrogen (secondary N) is 1. The summed E-state index contributed by atoms with van der Waals surface area (Å²) in [4.78, 5) is 16.6. The molecule has 1 aliphatic rings. The lowest BCUT2D eigenvalue weighted by molar-refractivity contribution is 0.0792. The van der Waals surface area contributed by atoms with Crippen LogP contribution in [0.4, 0.5) is 0 Å². The van der Waals surface area contributed by atoms with Crippen LogP contribution in [0.2, 0.25) is 0 Å². The first kappa shape index (κ1) is 15.1. The normalized spacial score (nSPS) is 15.9. The number of aromatic nitrogens is 4. The van der Waals surface area contributed by atoms with Crippen molar-refractivity contribution in [2.24, 2.45) is 0 Å². The summed E-state index contributed by atoms with van der Waals surface area (Å²) in [5.74, 6) is 0.792. The fraction of sp³-hybridized carbons (Fsp3) is 0.600. The largest absolute Gasteiger partial charge is 0.340 e. The van der Waals surface area contributed by atoms with Gasteiger partial charge in [-0.05, 0) is 37.3 Å². The Kier molecular flexibility index (Phi) is 4.52. The Morgan fingerprint density at radius 2 is 2.23 bits per heavy atom. The summed E-state index contributed by atoms with van der Waals surface area (Å²) >= 11 is 1.67. The number of amides is 1. The maximum atomic E-state index is 12.6. The highest BCUT2D eigenvalue weighted by molar-refractivity contribution is 7.14. The van der Waals surface area contributed by atoms with E-state index in [0.29, 0.717) is 12.4 Å². The maximum absolute atomic E-state index is 12.6. The topological polar surface area (TPSA) is 74.8 Å². The number of carbonyl (C=O) groups is 1. The third kappa shape index (κ3) is 3.19. The molecular weight excluding hydrogens is 298 g/mol. The van der Waals surface area contributed by atoms with Gasteiger partial charge in [-0.15, -0.1) is 21.5 Å². The first-order chi connectivity index (χ1) is 10.6. The summed E-state index contributed by atoms with van der Waals surface area (Å²) in [6.07, 6.45) is 6.01.